The first-order chi connectivity index (χ1) is 12.9. The van der Waals surface area contributed by atoms with Crippen molar-refractivity contribution in [2.45, 2.75) is 18.4 Å². The molecule has 0 unspecified atom stereocenters. The molecular weight excluding hydrogens is 360 g/mol. The number of aryl methyl sites for hydroxylation is 1. The van der Waals surface area contributed by atoms with Crippen molar-refractivity contribution in [1.29, 1.82) is 0 Å². The van der Waals surface area contributed by atoms with E-state index in [-0.39, 0.29) is 17.3 Å². The Bertz CT molecular complexity index is 1060. The zero-order valence-corrected chi connectivity index (χ0v) is 16.2. The number of carbonyl (C=O) groups is 1. The van der Waals surface area contributed by atoms with Crippen molar-refractivity contribution in [2.24, 2.45) is 0 Å². The average Bonchev–Trinajstić information content (AvgIpc) is 2.66. The van der Waals surface area contributed by atoms with Crippen LogP contribution < -0.4 is 5.32 Å². The first-order valence-corrected chi connectivity index (χ1v) is 10.1. The van der Waals surface area contributed by atoms with Gasteiger partial charge in [-0.3, -0.25) is 4.79 Å². The van der Waals surface area contributed by atoms with E-state index < -0.39 is 10.0 Å². The molecule has 0 aromatic heterocycles. The predicted octanol–water partition coefficient (Wildman–Crippen LogP) is 3.09. The first kappa shape index (κ1) is 19.1. The van der Waals surface area contributed by atoms with Gasteiger partial charge in [0, 0.05) is 13.6 Å². The lowest BCUT2D eigenvalue weighted by molar-refractivity contribution is -0.121. The van der Waals surface area contributed by atoms with Gasteiger partial charge in [-0.25, -0.2) is 8.42 Å². The second-order valence-electron chi connectivity index (χ2n) is 6.53. The molecule has 1 amide bonds. The minimum absolute atomic E-state index is 0.179. The van der Waals surface area contributed by atoms with E-state index in [1.165, 1.54) is 7.05 Å². The molecule has 0 radical (unpaired) electrons. The van der Waals surface area contributed by atoms with E-state index in [4.69, 9.17) is 0 Å². The van der Waals surface area contributed by atoms with E-state index in [0.29, 0.717) is 6.54 Å². The Hall–Kier alpha value is -2.70. The van der Waals surface area contributed by atoms with Crippen LogP contribution in [0, 0.1) is 6.92 Å². The predicted molar refractivity (Wildman–Crippen MR) is 107 cm³/mol. The van der Waals surface area contributed by atoms with E-state index >= 15 is 0 Å². The molecule has 3 aromatic rings. The minimum atomic E-state index is -3.69. The van der Waals surface area contributed by atoms with E-state index in [0.717, 1.165) is 26.2 Å². The lowest BCUT2D eigenvalue weighted by atomic mass is 10.1. The molecule has 1 N–H and O–H groups in total. The molecule has 3 aromatic carbocycles. The van der Waals surface area contributed by atoms with Crippen molar-refractivity contribution in [3.63, 3.8) is 0 Å². The van der Waals surface area contributed by atoms with Crippen LogP contribution in [0.4, 0.5) is 0 Å². The Kier molecular flexibility index (Phi) is 5.58. The molecule has 0 atom stereocenters. The number of rotatable bonds is 6. The fourth-order valence-electron chi connectivity index (χ4n) is 2.78. The number of nitrogens with one attached hydrogen (secondary N) is 1. The number of amides is 1. The summed E-state index contributed by atoms with van der Waals surface area (Å²) in [5, 5.41) is 5.02. The number of likely N-dealkylation sites (N-methyl/N-ethyl adjacent to an activating group) is 1. The first-order valence-electron chi connectivity index (χ1n) is 8.64. The second kappa shape index (κ2) is 7.90. The zero-order valence-electron chi connectivity index (χ0n) is 15.3. The summed E-state index contributed by atoms with van der Waals surface area (Å²) in [5.74, 6) is -0.346. The molecule has 0 aliphatic carbocycles. The summed E-state index contributed by atoms with van der Waals surface area (Å²) < 4.78 is 26.2. The van der Waals surface area contributed by atoms with E-state index in [1.54, 1.807) is 24.3 Å². The average molecular weight is 382 g/mol. The Balaban J connectivity index is 1.61. The topological polar surface area (TPSA) is 66.5 Å². The Morgan fingerprint density at radius 2 is 1.63 bits per heavy atom. The molecule has 5 nitrogen and oxygen atoms in total. The molecule has 0 fully saturated rings. The molecule has 0 saturated heterocycles. The summed E-state index contributed by atoms with van der Waals surface area (Å²) in [7, 11) is -2.28. The molecule has 3 rings (SSSR count). The van der Waals surface area contributed by atoms with Gasteiger partial charge in [0.15, 0.2) is 0 Å². The highest BCUT2D eigenvalue weighted by Gasteiger charge is 2.22. The fourth-order valence-corrected chi connectivity index (χ4v) is 3.91. The quantitative estimate of drug-likeness (QED) is 0.712. The van der Waals surface area contributed by atoms with Gasteiger partial charge in [-0.2, -0.15) is 4.31 Å². The Morgan fingerprint density at radius 3 is 2.33 bits per heavy atom. The van der Waals surface area contributed by atoms with Crippen LogP contribution in [0.15, 0.2) is 71.6 Å². The number of fused-ring (bicyclic) bond motifs is 1. The molecule has 6 heteroatoms. The van der Waals surface area contributed by atoms with E-state index in [2.05, 4.69) is 5.32 Å². The van der Waals surface area contributed by atoms with Gasteiger partial charge < -0.3 is 5.32 Å². The summed E-state index contributed by atoms with van der Waals surface area (Å²) in [4.78, 5) is 12.4. The number of hydrogen-bond acceptors (Lipinski definition) is 3. The highest BCUT2D eigenvalue weighted by atomic mass is 32.2. The molecule has 0 bridgehead atoms. The SMILES string of the molecule is Cc1ccc(S(=O)(=O)N(C)CC(=O)NCc2ccc3ccccc3c2)cc1. The molecular formula is C21H22N2O3S. The number of nitrogens with zero attached hydrogens (tertiary/aromatic N) is 1. The third-order valence-corrected chi connectivity index (χ3v) is 6.22. The normalized spacial score (nSPS) is 11.7. The van der Waals surface area contributed by atoms with Crippen LogP contribution in [0.3, 0.4) is 0 Å². The van der Waals surface area contributed by atoms with Crippen molar-refractivity contribution in [3.05, 3.63) is 77.9 Å². The van der Waals surface area contributed by atoms with Gasteiger partial charge in [-0.15, -0.1) is 0 Å². The van der Waals surface area contributed by atoms with Crippen LogP contribution in [-0.4, -0.2) is 32.2 Å². The summed E-state index contributed by atoms with van der Waals surface area (Å²) in [6, 6.07) is 20.5. The molecule has 0 aliphatic rings. The maximum absolute atomic E-state index is 12.5. The van der Waals surface area contributed by atoms with Gasteiger partial charge in [-0.05, 0) is 41.5 Å². The lowest BCUT2D eigenvalue weighted by Gasteiger charge is -2.17. The zero-order chi connectivity index (χ0) is 19.4. The van der Waals surface area contributed by atoms with E-state index in [9.17, 15) is 13.2 Å². The number of benzene rings is 3. The second-order valence-corrected chi connectivity index (χ2v) is 8.58. The van der Waals surface area contributed by atoms with Crippen LogP contribution in [0.5, 0.6) is 0 Å². The summed E-state index contributed by atoms with van der Waals surface area (Å²) in [6.45, 7) is 2.01. The summed E-state index contributed by atoms with van der Waals surface area (Å²) in [5.41, 5.74) is 1.94. The summed E-state index contributed by atoms with van der Waals surface area (Å²) in [6.07, 6.45) is 0. The van der Waals surface area contributed by atoms with Crippen LogP contribution in [-0.2, 0) is 21.4 Å². The van der Waals surface area contributed by atoms with Crippen LogP contribution in [0.25, 0.3) is 10.8 Å². The summed E-state index contributed by atoms with van der Waals surface area (Å²) >= 11 is 0. The van der Waals surface area contributed by atoms with Crippen LogP contribution in [0.1, 0.15) is 11.1 Å². The fraction of sp³-hybridized carbons (Fsp3) is 0.190. The van der Waals surface area contributed by atoms with Gasteiger partial charge in [0.25, 0.3) is 0 Å². The highest BCUT2D eigenvalue weighted by Crippen LogP contribution is 2.16. The maximum Gasteiger partial charge on any atom is 0.243 e. The van der Waals surface area contributed by atoms with Crippen molar-refractivity contribution in [2.75, 3.05) is 13.6 Å². The van der Waals surface area contributed by atoms with Crippen molar-refractivity contribution < 1.29 is 13.2 Å². The third-order valence-electron chi connectivity index (χ3n) is 4.40. The molecule has 0 saturated carbocycles. The molecule has 0 heterocycles. The number of carbonyl (C=O) groups excluding carboxylic acids is 1. The van der Waals surface area contributed by atoms with Crippen molar-refractivity contribution in [3.8, 4) is 0 Å². The van der Waals surface area contributed by atoms with Crippen molar-refractivity contribution in [1.82, 2.24) is 9.62 Å². The van der Waals surface area contributed by atoms with Gasteiger partial charge in [0.2, 0.25) is 15.9 Å². The van der Waals surface area contributed by atoms with Gasteiger partial charge in [0.1, 0.15) is 0 Å². The monoisotopic (exact) mass is 382 g/mol. The minimum Gasteiger partial charge on any atom is -0.351 e. The third kappa shape index (κ3) is 4.53. The van der Waals surface area contributed by atoms with Gasteiger partial charge in [0.05, 0.1) is 11.4 Å². The number of hydrogen-bond donors (Lipinski definition) is 1. The van der Waals surface area contributed by atoms with Gasteiger partial charge in [-0.1, -0.05) is 54.1 Å². The maximum atomic E-state index is 12.5. The molecule has 140 valence electrons. The highest BCUT2D eigenvalue weighted by molar-refractivity contribution is 7.89. The molecule has 27 heavy (non-hydrogen) atoms. The van der Waals surface area contributed by atoms with Crippen molar-refractivity contribution >= 4 is 26.7 Å². The van der Waals surface area contributed by atoms with Crippen LogP contribution >= 0.6 is 0 Å². The molecule has 0 aliphatic heterocycles. The molecule has 0 spiro atoms. The largest absolute Gasteiger partial charge is 0.351 e. The van der Waals surface area contributed by atoms with Crippen LogP contribution in [0.2, 0.25) is 0 Å². The smallest absolute Gasteiger partial charge is 0.243 e. The Morgan fingerprint density at radius 1 is 0.963 bits per heavy atom. The number of sulfonamides is 1. The van der Waals surface area contributed by atoms with Gasteiger partial charge >= 0.3 is 0 Å². The van der Waals surface area contributed by atoms with E-state index in [1.807, 2.05) is 49.4 Å². The standard InChI is InChI=1S/C21H22N2O3S/c1-16-7-11-20(12-8-16)27(25,26)23(2)15-21(24)22-14-17-9-10-18-5-3-4-6-19(18)13-17/h3-13H,14-15H2,1-2H3,(H,22,24). The lowest BCUT2D eigenvalue weighted by Crippen LogP contribution is -2.38. The Labute approximate surface area is 159 Å².